The summed E-state index contributed by atoms with van der Waals surface area (Å²) in [7, 11) is -3.44. The first-order valence-corrected chi connectivity index (χ1v) is 9.97. The van der Waals surface area contributed by atoms with E-state index < -0.39 is 16.0 Å². The average molecular weight is 370 g/mol. The van der Waals surface area contributed by atoms with Crippen LogP contribution in [0.2, 0.25) is 0 Å². The number of sulfonamides is 1. The highest BCUT2D eigenvalue weighted by molar-refractivity contribution is 7.88. The van der Waals surface area contributed by atoms with E-state index in [1.165, 1.54) is 0 Å². The number of nitrogens with one attached hydrogen (secondary N) is 2. The Bertz CT molecular complexity index is 688. The quantitative estimate of drug-likeness (QED) is 0.518. The molecule has 0 aromatic heterocycles. The van der Waals surface area contributed by atoms with Crippen LogP contribution in [0.25, 0.3) is 0 Å². The number of anilines is 1. The summed E-state index contributed by atoms with van der Waals surface area (Å²) in [5.41, 5.74) is 1.11. The summed E-state index contributed by atoms with van der Waals surface area (Å²) in [5, 5.41) is 11.3. The second-order valence-corrected chi connectivity index (χ2v) is 7.79. The van der Waals surface area contributed by atoms with E-state index in [1.54, 1.807) is 31.2 Å². The van der Waals surface area contributed by atoms with Crippen molar-refractivity contribution in [2.45, 2.75) is 57.7 Å². The Kier molecular flexibility index (Phi) is 8.57. The van der Waals surface area contributed by atoms with Gasteiger partial charge in [-0.15, -0.1) is 0 Å². The van der Waals surface area contributed by atoms with Gasteiger partial charge in [-0.25, -0.2) is 13.1 Å². The Morgan fingerprint density at radius 3 is 2.52 bits per heavy atom. The molecule has 0 spiro atoms. The van der Waals surface area contributed by atoms with E-state index in [-0.39, 0.29) is 30.5 Å². The largest absolute Gasteiger partial charge is 0.481 e. The van der Waals surface area contributed by atoms with Gasteiger partial charge in [-0.3, -0.25) is 9.59 Å². The lowest BCUT2D eigenvalue weighted by Crippen LogP contribution is -2.32. The molecule has 0 aliphatic heterocycles. The van der Waals surface area contributed by atoms with Crippen LogP contribution in [0.5, 0.6) is 0 Å². The van der Waals surface area contributed by atoms with E-state index >= 15 is 0 Å². The van der Waals surface area contributed by atoms with Gasteiger partial charge >= 0.3 is 5.97 Å². The molecule has 1 aromatic carbocycles. The van der Waals surface area contributed by atoms with Crippen molar-refractivity contribution < 1.29 is 23.1 Å². The summed E-state index contributed by atoms with van der Waals surface area (Å²) in [6.07, 6.45) is 1.92. The van der Waals surface area contributed by atoms with E-state index in [2.05, 4.69) is 10.0 Å². The van der Waals surface area contributed by atoms with Crippen molar-refractivity contribution in [3.63, 3.8) is 0 Å². The number of unbranched alkanes of at least 4 members (excludes halogenated alkanes) is 1. The van der Waals surface area contributed by atoms with Crippen molar-refractivity contribution in [2.75, 3.05) is 5.32 Å². The molecule has 3 N–H and O–H groups in total. The number of aliphatic carboxylic acids is 1. The van der Waals surface area contributed by atoms with Gasteiger partial charge in [-0.1, -0.05) is 19.1 Å². The summed E-state index contributed by atoms with van der Waals surface area (Å²) < 4.78 is 26.8. The highest BCUT2D eigenvalue weighted by atomic mass is 32.2. The van der Waals surface area contributed by atoms with Crippen LogP contribution < -0.4 is 10.0 Å². The molecule has 1 aromatic rings. The second-order valence-electron chi connectivity index (χ2n) is 6.04. The first kappa shape index (κ1) is 21.1. The molecule has 1 amide bonds. The zero-order valence-electron chi connectivity index (χ0n) is 14.6. The standard InChI is InChI=1S/C17H26N2O5S/c1-3-13(2)19-25(23,24)12-14-7-6-8-15(11-14)18-16(20)9-4-5-10-17(21)22/h6-8,11,13,19H,3-5,9-10,12H2,1-2H3,(H,18,20)(H,21,22). The molecule has 0 bridgehead atoms. The van der Waals surface area contributed by atoms with Crippen LogP contribution in [-0.4, -0.2) is 31.4 Å². The van der Waals surface area contributed by atoms with Crippen molar-refractivity contribution >= 4 is 27.6 Å². The number of benzene rings is 1. The molecule has 0 heterocycles. The summed E-state index contributed by atoms with van der Waals surface area (Å²) in [6, 6.07) is 6.57. The molecular weight excluding hydrogens is 344 g/mol. The minimum atomic E-state index is -3.44. The smallest absolute Gasteiger partial charge is 0.303 e. The van der Waals surface area contributed by atoms with Crippen LogP contribution in [0.4, 0.5) is 5.69 Å². The van der Waals surface area contributed by atoms with Crippen LogP contribution in [0.15, 0.2) is 24.3 Å². The minimum absolute atomic E-state index is 0.0454. The zero-order chi connectivity index (χ0) is 18.9. The van der Waals surface area contributed by atoms with Crippen LogP contribution in [0, 0.1) is 0 Å². The Hall–Kier alpha value is -1.93. The molecule has 8 heteroatoms. The fourth-order valence-corrected chi connectivity index (χ4v) is 3.66. The maximum absolute atomic E-state index is 12.1. The van der Waals surface area contributed by atoms with Crippen molar-refractivity contribution in [3.8, 4) is 0 Å². The Morgan fingerprint density at radius 2 is 1.88 bits per heavy atom. The number of carbonyl (C=O) groups excluding carboxylic acids is 1. The van der Waals surface area contributed by atoms with Gasteiger partial charge in [0.05, 0.1) is 5.75 Å². The summed E-state index contributed by atoms with van der Waals surface area (Å²) in [4.78, 5) is 22.3. The number of carbonyl (C=O) groups is 2. The van der Waals surface area contributed by atoms with Crippen LogP contribution in [0.3, 0.4) is 0 Å². The molecule has 0 aliphatic rings. The molecule has 0 saturated carbocycles. The molecule has 0 aliphatic carbocycles. The molecule has 140 valence electrons. The number of amides is 1. The minimum Gasteiger partial charge on any atom is -0.481 e. The SMILES string of the molecule is CCC(C)NS(=O)(=O)Cc1cccc(NC(=O)CCCCC(=O)O)c1. The van der Waals surface area contributed by atoms with Crippen LogP contribution in [-0.2, 0) is 25.4 Å². The number of hydrogen-bond donors (Lipinski definition) is 3. The predicted octanol–water partition coefficient (Wildman–Crippen LogP) is 2.49. The van der Waals surface area contributed by atoms with E-state index in [9.17, 15) is 18.0 Å². The zero-order valence-corrected chi connectivity index (χ0v) is 15.4. The second kappa shape index (κ2) is 10.1. The molecule has 1 atom stereocenters. The Morgan fingerprint density at radius 1 is 1.20 bits per heavy atom. The van der Waals surface area contributed by atoms with Gasteiger partial charge in [0.2, 0.25) is 15.9 Å². The molecule has 0 saturated heterocycles. The average Bonchev–Trinajstić information content (AvgIpc) is 2.50. The summed E-state index contributed by atoms with van der Waals surface area (Å²) in [6.45, 7) is 3.71. The highest BCUT2D eigenvalue weighted by Gasteiger charge is 2.14. The van der Waals surface area contributed by atoms with Gasteiger partial charge in [0.25, 0.3) is 0 Å². The van der Waals surface area contributed by atoms with E-state index in [1.807, 2.05) is 6.92 Å². The van der Waals surface area contributed by atoms with E-state index in [0.717, 1.165) is 0 Å². The highest BCUT2D eigenvalue weighted by Crippen LogP contribution is 2.14. The van der Waals surface area contributed by atoms with E-state index in [4.69, 9.17) is 5.11 Å². The maximum Gasteiger partial charge on any atom is 0.303 e. The predicted molar refractivity (Wildman–Crippen MR) is 96.7 cm³/mol. The van der Waals surface area contributed by atoms with Gasteiger partial charge in [0, 0.05) is 24.6 Å². The van der Waals surface area contributed by atoms with Crippen LogP contribution >= 0.6 is 0 Å². The van der Waals surface area contributed by atoms with Crippen molar-refractivity contribution in [2.24, 2.45) is 0 Å². The first-order chi connectivity index (χ1) is 11.7. The lowest BCUT2D eigenvalue weighted by atomic mass is 10.2. The summed E-state index contributed by atoms with van der Waals surface area (Å²) >= 11 is 0. The molecule has 0 radical (unpaired) electrons. The normalized spacial score (nSPS) is 12.6. The Balaban J connectivity index is 2.57. The lowest BCUT2D eigenvalue weighted by Gasteiger charge is -2.12. The number of hydrogen-bond acceptors (Lipinski definition) is 4. The molecular formula is C17H26N2O5S. The first-order valence-electron chi connectivity index (χ1n) is 8.32. The third-order valence-electron chi connectivity index (χ3n) is 3.61. The Labute approximate surface area is 148 Å². The fourth-order valence-electron chi connectivity index (χ4n) is 2.18. The number of rotatable bonds is 11. The molecule has 1 rings (SSSR count). The number of carboxylic acids is 1. The molecule has 7 nitrogen and oxygen atoms in total. The monoisotopic (exact) mass is 370 g/mol. The fraction of sp³-hybridized carbons (Fsp3) is 0.529. The topological polar surface area (TPSA) is 113 Å². The third kappa shape index (κ3) is 9.21. The lowest BCUT2D eigenvalue weighted by molar-refractivity contribution is -0.137. The molecule has 0 fully saturated rings. The van der Waals surface area contributed by atoms with Gasteiger partial charge in [0.15, 0.2) is 0 Å². The maximum atomic E-state index is 12.1. The van der Waals surface area contributed by atoms with Gasteiger partial charge in [-0.05, 0) is 43.9 Å². The van der Waals surface area contributed by atoms with E-state index in [0.29, 0.717) is 30.5 Å². The van der Waals surface area contributed by atoms with Crippen molar-refractivity contribution in [1.82, 2.24) is 4.72 Å². The molecule has 25 heavy (non-hydrogen) atoms. The van der Waals surface area contributed by atoms with Crippen LogP contribution in [0.1, 0.15) is 51.5 Å². The van der Waals surface area contributed by atoms with Crippen molar-refractivity contribution in [3.05, 3.63) is 29.8 Å². The molecule has 1 unspecified atom stereocenters. The van der Waals surface area contributed by atoms with Gasteiger partial charge in [-0.2, -0.15) is 0 Å². The summed E-state index contributed by atoms with van der Waals surface area (Å²) in [5.74, 6) is -1.25. The van der Waals surface area contributed by atoms with Gasteiger partial charge in [0.1, 0.15) is 0 Å². The van der Waals surface area contributed by atoms with Gasteiger partial charge < -0.3 is 10.4 Å². The third-order valence-corrected chi connectivity index (χ3v) is 5.08. The number of carboxylic acid groups (broad SMARTS) is 1. The van der Waals surface area contributed by atoms with Crippen molar-refractivity contribution in [1.29, 1.82) is 0 Å².